The third kappa shape index (κ3) is 2.58. The molecular formula is C22H16N4. The number of nitrogens with one attached hydrogen (secondary N) is 2. The summed E-state index contributed by atoms with van der Waals surface area (Å²) < 4.78 is 0. The van der Waals surface area contributed by atoms with Crippen molar-refractivity contribution in [2.45, 2.75) is 0 Å². The molecule has 0 radical (unpaired) electrons. The molecule has 0 atom stereocenters. The summed E-state index contributed by atoms with van der Waals surface area (Å²) in [5, 5.41) is 6.92. The van der Waals surface area contributed by atoms with Crippen molar-refractivity contribution >= 4 is 33.2 Å². The summed E-state index contributed by atoms with van der Waals surface area (Å²) in [7, 11) is 0. The van der Waals surface area contributed by atoms with Crippen molar-refractivity contribution in [1.82, 2.24) is 15.0 Å². The lowest BCUT2D eigenvalue weighted by molar-refractivity contribution is 1.29. The first-order valence-corrected chi connectivity index (χ1v) is 8.51. The summed E-state index contributed by atoms with van der Waals surface area (Å²) in [5.41, 5.74) is 4.12. The maximum Gasteiger partial charge on any atom is 0.138 e. The summed E-state index contributed by atoms with van der Waals surface area (Å²) in [4.78, 5) is 12.2. The van der Waals surface area contributed by atoms with Crippen LogP contribution in [0, 0.1) is 0 Å². The number of hydrogen-bond acceptors (Lipinski definition) is 3. The number of aromatic nitrogens is 3. The maximum absolute atomic E-state index is 4.89. The van der Waals surface area contributed by atoms with E-state index >= 15 is 0 Å². The zero-order chi connectivity index (χ0) is 17.3. The molecule has 0 unspecified atom stereocenters. The molecule has 5 rings (SSSR count). The quantitative estimate of drug-likeness (QED) is 0.456. The SMILES string of the molecule is c1ccc2c(Nc3ccc4[nH]ccc4c3)nc(-c3ccncc3)cc2c1. The largest absolute Gasteiger partial charge is 0.361 e. The Morgan fingerprint density at radius 1 is 0.808 bits per heavy atom. The van der Waals surface area contributed by atoms with E-state index in [1.54, 1.807) is 12.4 Å². The van der Waals surface area contributed by atoms with Crippen molar-refractivity contribution in [3.05, 3.63) is 85.3 Å². The molecular weight excluding hydrogens is 320 g/mol. The molecule has 2 aromatic carbocycles. The van der Waals surface area contributed by atoms with Crippen LogP contribution in [0.15, 0.2) is 85.3 Å². The molecule has 2 N–H and O–H groups in total. The molecule has 0 spiro atoms. The molecule has 0 bridgehead atoms. The zero-order valence-corrected chi connectivity index (χ0v) is 14.0. The van der Waals surface area contributed by atoms with Gasteiger partial charge in [0.15, 0.2) is 0 Å². The van der Waals surface area contributed by atoms with Crippen LogP contribution >= 0.6 is 0 Å². The molecule has 26 heavy (non-hydrogen) atoms. The average Bonchev–Trinajstić information content (AvgIpc) is 3.16. The molecule has 0 saturated carbocycles. The minimum atomic E-state index is 0.852. The van der Waals surface area contributed by atoms with E-state index < -0.39 is 0 Å². The highest BCUT2D eigenvalue weighted by Crippen LogP contribution is 2.30. The number of benzene rings is 2. The molecule has 5 aromatic rings. The van der Waals surface area contributed by atoms with Gasteiger partial charge in [-0.25, -0.2) is 4.98 Å². The topological polar surface area (TPSA) is 53.6 Å². The van der Waals surface area contributed by atoms with E-state index in [0.29, 0.717) is 0 Å². The first-order chi connectivity index (χ1) is 12.9. The summed E-state index contributed by atoms with van der Waals surface area (Å²) in [6.07, 6.45) is 5.53. The first-order valence-electron chi connectivity index (χ1n) is 8.51. The smallest absolute Gasteiger partial charge is 0.138 e. The van der Waals surface area contributed by atoms with Gasteiger partial charge in [-0.2, -0.15) is 0 Å². The van der Waals surface area contributed by atoms with E-state index in [9.17, 15) is 0 Å². The molecule has 0 aliphatic rings. The fraction of sp³-hybridized carbons (Fsp3) is 0. The predicted molar refractivity (Wildman–Crippen MR) is 107 cm³/mol. The molecule has 3 aromatic heterocycles. The Morgan fingerprint density at radius 2 is 1.69 bits per heavy atom. The minimum absolute atomic E-state index is 0.852. The number of pyridine rings is 2. The van der Waals surface area contributed by atoms with Gasteiger partial charge in [-0.05, 0) is 47.9 Å². The average molecular weight is 336 g/mol. The van der Waals surface area contributed by atoms with E-state index in [1.165, 1.54) is 5.39 Å². The Balaban J connectivity index is 1.65. The second-order valence-electron chi connectivity index (χ2n) is 6.22. The van der Waals surface area contributed by atoms with Gasteiger partial charge in [0, 0.05) is 46.1 Å². The van der Waals surface area contributed by atoms with Crippen LogP contribution in [0.2, 0.25) is 0 Å². The van der Waals surface area contributed by atoms with Gasteiger partial charge in [-0.1, -0.05) is 24.3 Å². The van der Waals surface area contributed by atoms with Crippen LogP contribution in [0.25, 0.3) is 32.9 Å². The summed E-state index contributed by atoms with van der Waals surface area (Å²) in [6, 6.07) is 22.7. The van der Waals surface area contributed by atoms with E-state index in [4.69, 9.17) is 4.98 Å². The number of nitrogens with zero attached hydrogens (tertiary/aromatic N) is 2. The van der Waals surface area contributed by atoms with Gasteiger partial charge in [0.1, 0.15) is 5.82 Å². The first kappa shape index (κ1) is 14.7. The standard InChI is InChI=1S/C22H16N4/c1-2-4-19-16(3-1)14-21(15-7-10-23-11-8-15)26-22(19)25-18-5-6-20-17(13-18)9-12-24-20/h1-14,24H,(H,25,26). The fourth-order valence-electron chi connectivity index (χ4n) is 3.23. The fourth-order valence-corrected chi connectivity index (χ4v) is 3.23. The third-order valence-corrected chi connectivity index (χ3v) is 4.53. The molecule has 124 valence electrons. The maximum atomic E-state index is 4.89. The van der Waals surface area contributed by atoms with Gasteiger partial charge in [0.05, 0.1) is 5.69 Å². The number of hydrogen-bond donors (Lipinski definition) is 2. The van der Waals surface area contributed by atoms with Crippen molar-refractivity contribution in [2.75, 3.05) is 5.32 Å². The van der Waals surface area contributed by atoms with E-state index in [2.05, 4.69) is 57.7 Å². The lowest BCUT2D eigenvalue weighted by Gasteiger charge is -2.12. The Hall–Kier alpha value is -3.66. The van der Waals surface area contributed by atoms with Crippen LogP contribution in [0.1, 0.15) is 0 Å². The predicted octanol–water partition coefficient (Wildman–Crippen LogP) is 5.52. The number of fused-ring (bicyclic) bond motifs is 2. The Morgan fingerprint density at radius 3 is 2.62 bits per heavy atom. The minimum Gasteiger partial charge on any atom is -0.361 e. The van der Waals surface area contributed by atoms with Crippen LogP contribution in [-0.2, 0) is 0 Å². The molecule has 4 heteroatoms. The molecule has 0 amide bonds. The summed E-state index contributed by atoms with van der Waals surface area (Å²) >= 11 is 0. The van der Waals surface area contributed by atoms with Crippen LogP contribution in [0.4, 0.5) is 11.5 Å². The molecule has 3 heterocycles. The highest BCUT2D eigenvalue weighted by molar-refractivity contribution is 5.96. The summed E-state index contributed by atoms with van der Waals surface area (Å²) in [6.45, 7) is 0. The van der Waals surface area contributed by atoms with Crippen LogP contribution in [0.5, 0.6) is 0 Å². The monoisotopic (exact) mass is 336 g/mol. The second kappa shape index (κ2) is 6.01. The van der Waals surface area contributed by atoms with Gasteiger partial charge in [-0.3, -0.25) is 4.98 Å². The van der Waals surface area contributed by atoms with E-state index in [-0.39, 0.29) is 0 Å². The Kier molecular flexibility index (Phi) is 3.39. The third-order valence-electron chi connectivity index (χ3n) is 4.53. The number of H-pyrrole nitrogens is 1. The van der Waals surface area contributed by atoms with Crippen molar-refractivity contribution in [1.29, 1.82) is 0 Å². The Labute approximate surface area is 150 Å². The van der Waals surface area contributed by atoms with Crippen LogP contribution < -0.4 is 5.32 Å². The molecule has 0 fully saturated rings. The molecule has 0 aliphatic carbocycles. The zero-order valence-electron chi connectivity index (χ0n) is 14.0. The van der Waals surface area contributed by atoms with E-state index in [1.807, 2.05) is 30.5 Å². The van der Waals surface area contributed by atoms with Gasteiger partial charge < -0.3 is 10.3 Å². The Bertz CT molecular complexity index is 1210. The number of rotatable bonds is 3. The van der Waals surface area contributed by atoms with Gasteiger partial charge in [0.2, 0.25) is 0 Å². The highest BCUT2D eigenvalue weighted by atomic mass is 15.0. The number of aromatic amines is 1. The highest BCUT2D eigenvalue weighted by Gasteiger charge is 2.08. The van der Waals surface area contributed by atoms with Crippen LogP contribution in [0.3, 0.4) is 0 Å². The van der Waals surface area contributed by atoms with Crippen molar-refractivity contribution in [3.8, 4) is 11.3 Å². The molecule has 0 aliphatic heterocycles. The van der Waals surface area contributed by atoms with Gasteiger partial charge in [-0.15, -0.1) is 0 Å². The lowest BCUT2D eigenvalue weighted by atomic mass is 10.1. The summed E-state index contributed by atoms with van der Waals surface area (Å²) in [5.74, 6) is 0.852. The van der Waals surface area contributed by atoms with Gasteiger partial charge in [0.25, 0.3) is 0 Å². The van der Waals surface area contributed by atoms with Crippen LogP contribution in [-0.4, -0.2) is 15.0 Å². The van der Waals surface area contributed by atoms with E-state index in [0.717, 1.165) is 39.1 Å². The molecule has 4 nitrogen and oxygen atoms in total. The van der Waals surface area contributed by atoms with Crippen molar-refractivity contribution in [3.63, 3.8) is 0 Å². The van der Waals surface area contributed by atoms with Crippen molar-refractivity contribution < 1.29 is 0 Å². The number of anilines is 2. The second-order valence-corrected chi connectivity index (χ2v) is 6.22. The normalized spacial score (nSPS) is 11.1. The lowest BCUT2D eigenvalue weighted by Crippen LogP contribution is -1.97. The van der Waals surface area contributed by atoms with Gasteiger partial charge >= 0.3 is 0 Å². The van der Waals surface area contributed by atoms with Crippen molar-refractivity contribution in [2.24, 2.45) is 0 Å². The molecule has 0 saturated heterocycles.